The quantitative estimate of drug-likeness (QED) is 0.771. The highest BCUT2D eigenvalue weighted by Crippen LogP contribution is 2.29. The number of aromatic nitrogens is 1. The van der Waals surface area contributed by atoms with Crippen LogP contribution in [0.1, 0.15) is 34.7 Å². The summed E-state index contributed by atoms with van der Waals surface area (Å²) in [6.07, 6.45) is 2.97. The minimum atomic E-state index is -0.192. The van der Waals surface area contributed by atoms with Gasteiger partial charge < -0.3 is 14.4 Å². The zero-order valence-electron chi connectivity index (χ0n) is 14.5. The third kappa shape index (κ3) is 3.70. The molecule has 2 aromatic rings. The number of halogens is 1. The number of carbonyl (C=O) groups is 1. The molecular formula is C20H21FN2O3. The molecule has 2 aliphatic rings. The lowest BCUT2D eigenvalue weighted by atomic mass is 9.98. The highest BCUT2D eigenvalue weighted by atomic mass is 19.1. The van der Waals surface area contributed by atoms with Crippen LogP contribution in [0.15, 0.2) is 36.5 Å². The molecule has 3 heterocycles. The van der Waals surface area contributed by atoms with E-state index in [0.717, 1.165) is 25.1 Å². The Morgan fingerprint density at radius 2 is 2.15 bits per heavy atom. The standard InChI is InChI=1S/C20H21FN2O3/c21-17-3-1-2-14(10-17)15-4-6-23(13-15)7-5-18(24)16-11-19-20(22-12-16)26-9-8-25-19/h1-3,10-12,15H,4-9,13H2. The van der Waals surface area contributed by atoms with Gasteiger partial charge in [-0.2, -0.15) is 0 Å². The van der Waals surface area contributed by atoms with Crippen LogP contribution in [0.2, 0.25) is 0 Å². The lowest BCUT2D eigenvalue weighted by Gasteiger charge is -2.18. The number of ether oxygens (including phenoxy) is 2. The van der Waals surface area contributed by atoms with Crippen molar-refractivity contribution in [2.45, 2.75) is 18.8 Å². The molecule has 5 nitrogen and oxygen atoms in total. The SMILES string of the molecule is O=C(CCN1CCC(c2cccc(F)c2)C1)c1cnc2c(c1)OCCO2. The summed E-state index contributed by atoms with van der Waals surface area (Å²) in [6.45, 7) is 3.43. The van der Waals surface area contributed by atoms with Crippen molar-refractivity contribution in [1.29, 1.82) is 0 Å². The van der Waals surface area contributed by atoms with Crippen molar-refractivity contribution in [2.24, 2.45) is 0 Å². The second kappa shape index (κ2) is 7.41. The summed E-state index contributed by atoms with van der Waals surface area (Å²) in [6, 6.07) is 8.52. The minimum Gasteiger partial charge on any atom is -0.484 e. The predicted molar refractivity (Wildman–Crippen MR) is 94.4 cm³/mol. The van der Waals surface area contributed by atoms with Crippen molar-refractivity contribution in [3.8, 4) is 11.6 Å². The predicted octanol–water partition coefficient (Wildman–Crippen LogP) is 3.05. The van der Waals surface area contributed by atoms with Gasteiger partial charge in [0.25, 0.3) is 5.88 Å². The minimum absolute atomic E-state index is 0.0451. The number of nitrogens with zero attached hydrogens (tertiary/aromatic N) is 2. The number of rotatable bonds is 5. The number of likely N-dealkylation sites (tertiary alicyclic amines) is 1. The first kappa shape index (κ1) is 17.0. The largest absolute Gasteiger partial charge is 0.484 e. The van der Waals surface area contributed by atoms with Crippen molar-refractivity contribution in [1.82, 2.24) is 9.88 Å². The Morgan fingerprint density at radius 3 is 3.04 bits per heavy atom. The van der Waals surface area contributed by atoms with Crippen molar-refractivity contribution < 1.29 is 18.7 Å². The van der Waals surface area contributed by atoms with Gasteiger partial charge >= 0.3 is 0 Å². The summed E-state index contributed by atoms with van der Waals surface area (Å²) in [5.74, 6) is 1.17. The summed E-state index contributed by atoms with van der Waals surface area (Å²) >= 11 is 0. The smallest absolute Gasteiger partial charge is 0.257 e. The first-order valence-electron chi connectivity index (χ1n) is 8.96. The van der Waals surface area contributed by atoms with Gasteiger partial charge in [-0.25, -0.2) is 9.37 Å². The number of pyridine rings is 1. The van der Waals surface area contributed by atoms with Gasteiger partial charge in [0, 0.05) is 31.3 Å². The summed E-state index contributed by atoms with van der Waals surface area (Å²) in [5, 5.41) is 0. The van der Waals surface area contributed by atoms with E-state index >= 15 is 0 Å². The molecule has 0 aliphatic carbocycles. The van der Waals surface area contributed by atoms with Crippen LogP contribution >= 0.6 is 0 Å². The molecule has 1 aromatic heterocycles. The summed E-state index contributed by atoms with van der Waals surface area (Å²) in [5.41, 5.74) is 1.59. The Bertz CT molecular complexity index is 811. The molecule has 2 aliphatic heterocycles. The number of hydrogen-bond donors (Lipinski definition) is 0. The molecule has 6 heteroatoms. The molecule has 1 aromatic carbocycles. The Balaban J connectivity index is 1.32. The molecule has 0 bridgehead atoms. The van der Waals surface area contributed by atoms with E-state index in [1.807, 2.05) is 6.07 Å². The Kier molecular flexibility index (Phi) is 4.84. The molecule has 136 valence electrons. The van der Waals surface area contributed by atoms with Gasteiger partial charge in [0.05, 0.1) is 0 Å². The van der Waals surface area contributed by atoms with Crippen LogP contribution < -0.4 is 9.47 Å². The Labute approximate surface area is 151 Å². The van der Waals surface area contributed by atoms with E-state index < -0.39 is 0 Å². The second-order valence-electron chi connectivity index (χ2n) is 6.74. The van der Waals surface area contributed by atoms with Crippen LogP contribution in [0, 0.1) is 5.82 Å². The molecule has 1 unspecified atom stereocenters. The molecule has 0 spiro atoms. The Hall–Kier alpha value is -2.47. The molecular weight excluding hydrogens is 335 g/mol. The fourth-order valence-corrected chi connectivity index (χ4v) is 3.56. The number of Topliss-reactive ketones (excluding diaryl/α,β-unsaturated/α-hetero) is 1. The van der Waals surface area contributed by atoms with Crippen molar-refractivity contribution in [3.63, 3.8) is 0 Å². The molecule has 1 saturated heterocycles. The maximum absolute atomic E-state index is 13.4. The highest BCUT2D eigenvalue weighted by Gasteiger charge is 2.25. The summed E-state index contributed by atoms with van der Waals surface area (Å²) in [4.78, 5) is 18.9. The third-order valence-electron chi connectivity index (χ3n) is 4.97. The first-order chi connectivity index (χ1) is 12.7. The monoisotopic (exact) mass is 356 g/mol. The molecule has 1 atom stereocenters. The van der Waals surface area contributed by atoms with E-state index in [0.29, 0.717) is 49.3 Å². The fraction of sp³-hybridized carbons (Fsp3) is 0.400. The van der Waals surface area contributed by atoms with Gasteiger partial charge in [-0.3, -0.25) is 4.79 Å². The van der Waals surface area contributed by atoms with E-state index in [4.69, 9.17) is 9.47 Å². The maximum Gasteiger partial charge on any atom is 0.257 e. The number of benzene rings is 1. The molecule has 0 amide bonds. The first-order valence-corrected chi connectivity index (χ1v) is 8.96. The van der Waals surface area contributed by atoms with Crippen molar-refractivity contribution in [2.75, 3.05) is 32.8 Å². The van der Waals surface area contributed by atoms with Gasteiger partial charge in [0.15, 0.2) is 11.5 Å². The zero-order valence-corrected chi connectivity index (χ0v) is 14.5. The average molecular weight is 356 g/mol. The van der Waals surface area contributed by atoms with Crippen molar-refractivity contribution in [3.05, 3.63) is 53.5 Å². The number of carbonyl (C=O) groups excluding carboxylic acids is 1. The highest BCUT2D eigenvalue weighted by molar-refractivity contribution is 5.96. The lowest BCUT2D eigenvalue weighted by Crippen LogP contribution is -2.24. The topological polar surface area (TPSA) is 51.7 Å². The van der Waals surface area contributed by atoms with E-state index in [1.54, 1.807) is 24.4 Å². The van der Waals surface area contributed by atoms with Gasteiger partial charge in [-0.1, -0.05) is 12.1 Å². The molecule has 0 N–H and O–H groups in total. The van der Waals surface area contributed by atoms with Gasteiger partial charge in [0.1, 0.15) is 19.0 Å². The molecule has 0 saturated carbocycles. The van der Waals surface area contributed by atoms with Gasteiger partial charge in [-0.15, -0.1) is 0 Å². The average Bonchev–Trinajstić information content (AvgIpc) is 3.15. The van der Waals surface area contributed by atoms with E-state index in [1.165, 1.54) is 6.07 Å². The van der Waals surface area contributed by atoms with Crippen LogP contribution in [-0.2, 0) is 0 Å². The van der Waals surface area contributed by atoms with Gasteiger partial charge in [-0.05, 0) is 42.6 Å². The van der Waals surface area contributed by atoms with E-state index in [2.05, 4.69) is 9.88 Å². The number of fused-ring (bicyclic) bond motifs is 1. The maximum atomic E-state index is 13.4. The van der Waals surface area contributed by atoms with Crippen LogP contribution in [0.4, 0.5) is 4.39 Å². The Morgan fingerprint density at radius 1 is 1.27 bits per heavy atom. The molecule has 1 fully saturated rings. The summed E-state index contributed by atoms with van der Waals surface area (Å²) in [7, 11) is 0. The van der Waals surface area contributed by atoms with Crippen LogP contribution in [0.25, 0.3) is 0 Å². The van der Waals surface area contributed by atoms with E-state index in [9.17, 15) is 9.18 Å². The summed E-state index contributed by atoms with van der Waals surface area (Å²) < 4.78 is 24.3. The molecule has 0 radical (unpaired) electrons. The van der Waals surface area contributed by atoms with Crippen LogP contribution in [0.5, 0.6) is 11.6 Å². The number of ketones is 1. The normalized spacial score (nSPS) is 19.5. The number of hydrogen-bond acceptors (Lipinski definition) is 5. The lowest BCUT2D eigenvalue weighted by molar-refractivity contribution is 0.0966. The van der Waals surface area contributed by atoms with E-state index in [-0.39, 0.29) is 11.6 Å². The fourth-order valence-electron chi connectivity index (χ4n) is 3.56. The zero-order chi connectivity index (χ0) is 17.9. The van der Waals surface area contributed by atoms with Crippen LogP contribution in [0.3, 0.4) is 0 Å². The van der Waals surface area contributed by atoms with Gasteiger partial charge in [0.2, 0.25) is 0 Å². The molecule has 26 heavy (non-hydrogen) atoms. The van der Waals surface area contributed by atoms with Crippen LogP contribution in [-0.4, -0.2) is 48.5 Å². The molecule has 4 rings (SSSR count). The second-order valence-corrected chi connectivity index (χ2v) is 6.74. The van der Waals surface area contributed by atoms with Crippen molar-refractivity contribution >= 4 is 5.78 Å². The third-order valence-corrected chi connectivity index (χ3v) is 4.97.